The van der Waals surface area contributed by atoms with Crippen molar-refractivity contribution < 1.29 is 19.1 Å². The highest BCUT2D eigenvalue weighted by molar-refractivity contribution is 6.07. The Balaban J connectivity index is 1.29. The van der Waals surface area contributed by atoms with Crippen LogP contribution in [-0.4, -0.2) is 31.7 Å². The summed E-state index contributed by atoms with van der Waals surface area (Å²) in [7, 11) is 1.54. The molecule has 0 saturated carbocycles. The molecule has 0 atom stereocenters. The number of hydrogen-bond donors (Lipinski definition) is 2. The van der Waals surface area contributed by atoms with Crippen molar-refractivity contribution in [2.24, 2.45) is 5.10 Å². The third-order valence-corrected chi connectivity index (χ3v) is 5.05. The maximum Gasteiger partial charge on any atom is 0.271 e. The van der Waals surface area contributed by atoms with Crippen LogP contribution >= 0.6 is 0 Å². The Bertz CT molecular complexity index is 1330. The number of hydrazone groups is 1. The Hall–Kier alpha value is -4.65. The number of fused-ring (bicyclic) bond motifs is 1. The SMILES string of the molecule is COc1ccccc1NC(=O)COc1ccc(/C=N\NC(=O)c2cccc3ccccc23)cc1. The number of amides is 2. The molecule has 0 unspecified atom stereocenters. The molecule has 0 fully saturated rings. The van der Waals surface area contributed by atoms with E-state index in [1.165, 1.54) is 0 Å². The summed E-state index contributed by atoms with van der Waals surface area (Å²) >= 11 is 0. The van der Waals surface area contributed by atoms with Gasteiger partial charge in [-0.05, 0) is 58.8 Å². The lowest BCUT2D eigenvalue weighted by atomic mass is 10.0. The van der Waals surface area contributed by atoms with Crippen molar-refractivity contribution >= 4 is 34.5 Å². The summed E-state index contributed by atoms with van der Waals surface area (Å²) in [5, 5.41) is 8.67. The molecule has 0 spiro atoms. The number of methoxy groups -OCH3 is 1. The number of anilines is 1. The van der Waals surface area contributed by atoms with Gasteiger partial charge >= 0.3 is 0 Å². The lowest BCUT2D eigenvalue weighted by Gasteiger charge is -2.10. The number of nitrogens with zero attached hydrogens (tertiary/aromatic N) is 1. The normalized spacial score (nSPS) is 10.7. The highest BCUT2D eigenvalue weighted by Gasteiger charge is 2.09. The Kier molecular flexibility index (Phi) is 7.15. The third-order valence-electron chi connectivity index (χ3n) is 5.05. The van der Waals surface area contributed by atoms with E-state index >= 15 is 0 Å². The number of carbonyl (C=O) groups excluding carboxylic acids is 2. The van der Waals surface area contributed by atoms with E-state index in [9.17, 15) is 9.59 Å². The molecule has 0 aliphatic rings. The maximum absolute atomic E-state index is 12.5. The van der Waals surface area contributed by atoms with Crippen LogP contribution in [0.1, 0.15) is 15.9 Å². The van der Waals surface area contributed by atoms with Gasteiger partial charge in [0.15, 0.2) is 6.61 Å². The summed E-state index contributed by atoms with van der Waals surface area (Å²) < 4.78 is 10.8. The summed E-state index contributed by atoms with van der Waals surface area (Å²) in [5.74, 6) is 0.527. The monoisotopic (exact) mass is 453 g/mol. The molecule has 0 heterocycles. The molecule has 2 N–H and O–H groups in total. The standard InChI is InChI=1S/C27H23N3O4/c1-33-25-12-5-4-11-24(25)29-26(31)18-34-21-15-13-19(14-16-21)17-28-30-27(32)23-10-6-8-20-7-2-3-9-22(20)23/h2-17H,18H2,1H3,(H,29,31)(H,30,32)/b28-17-. The molecule has 34 heavy (non-hydrogen) atoms. The molecule has 0 aromatic heterocycles. The van der Waals surface area contributed by atoms with Crippen LogP contribution in [0.3, 0.4) is 0 Å². The predicted octanol–water partition coefficient (Wildman–Crippen LogP) is 4.63. The van der Waals surface area contributed by atoms with E-state index < -0.39 is 0 Å². The molecule has 4 rings (SSSR count). The van der Waals surface area contributed by atoms with E-state index in [2.05, 4.69) is 15.8 Å². The largest absolute Gasteiger partial charge is 0.495 e. The molecule has 0 radical (unpaired) electrons. The molecule has 7 nitrogen and oxygen atoms in total. The zero-order chi connectivity index (χ0) is 23.8. The summed E-state index contributed by atoms with van der Waals surface area (Å²) in [6, 6.07) is 27.4. The van der Waals surface area contributed by atoms with Crippen molar-refractivity contribution in [3.8, 4) is 11.5 Å². The molecule has 0 saturated heterocycles. The van der Waals surface area contributed by atoms with Crippen LogP contribution in [-0.2, 0) is 4.79 Å². The number of benzene rings is 4. The maximum atomic E-state index is 12.5. The van der Waals surface area contributed by atoms with Gasteiger partial charge in [-0.25, -0.2) is 5.43 Å². The van der Waals surface area contributed by atoms with Gasteiger partial charge in [0.05, 0.1) is 19.0 Å². The highest BCUT2D eigenvalue weighted by atomic mass is 16.5. The number of nitrogens with one attached hydrogen (secondary N) is 2. The number of hydrogen-bond acceptors (Lipinski definition) is 5. The Morgan fingerprint density at radius 2 is 1.62 bits per heavy atom. The first-order valence-electron chi connectivity index (χ1n) is 10.6. The van der Waals surface area contributed by atoms with Crippen LogP contribution < -0.4 is 20.2 Å². The first kappa shape index (κ1) is 22.5. The average molecular weight is 453 g/mol. The number of para-hydroxylation sites is 2. The van der Waals surface area contributed by atoms with Gasteiger partial charge in [-0.1, -0.05) is 48.5 Å². The summed E-state index contributed by atoms with van der Waals surface area (Å²) in [5.41, 5.74) is 4.47. The van der Waals surface area contributed by atoms with Gasteiger partial charge in [0, 0.05) is 5.56 Å². The Morgan fingerprint density at radius 3 is 2.44 bits per heavy atom. The van der Waals surface area contributed by atoms with Crippen molar-refractivity contribution in [2.75, 3.05) is 19.0 Å². The van der Waals surface area contributed by atoms with Crippen molar-refractivity contribution in [3.05, 3.63) is 102 Å². The van der Waals surface area contributed by atoms with E-state index in [1.807, 2.05) is 48.5 Å². The summed E-state index contributed by atoms with van der Waals surface area (Å²) in [4.78, 5) is 24.7. The van der Waals surface area contributed by atoms with Crippen LogP contribution in [0, 0.1) is 0 Å². The number of carbonyl (C=O) groups is 2. The predicted molar refractivity (Wildman–Crippen MR) is 133 cm³/mol. The first-order chi connectivity index (χ1) is 16.6. The minimum atomic E-state index is -0.300. The van der Waals surface area contributed by atoms with E-state index in [0.29, 0.717) is 22.7 Å². The minimum Gasteiger partial charge on any atom is -0.495 e. The molecule has 0 bridgehead atoms. The molecule has 0 aliphatic heterocycles. The minimum absolute atomic E-state index is 0.146. The van der Waals surface area contributed by atoms with Gasteiger partial charge in [-0.2, -0.15) is 5.10 Å². The quantitative estimate of drug-likeness (QED) is 0.301. The molecular formula is C27H23N3O4. The third kappa shape index (κ3) is 5.58. The second-order valence-electron chi connectivity index (χ2n) is 7.33. The van der Waals surface area contributed by atoms with Gasteiger partial charge in [-0.3, -0.25) is 9.59 Å². The fourth-order valence-corrected chi connectivity index (χ4v) is 3.38. The first-order valence-corrected chi connectivity index (χ1v) is 10.6. The topological polar surface area (TPSA) is 89.0 Å². The second-order valence-corrected chi connectivity index (χ2v) is 7.33. The van der Waals surface area contributed by atoms with E-state index in [-0.39, 0.29) is 18.4 Å². The van der Waals surface area contributed by atoms with E-state index in [1.54, 1.807) is 55.8 Å². The molecule has 4 aromatic rings. The fraction of sp³-hybridized carbons (Fsp3) is 0.0741. The van der Waals surface area contributed by atoms with Crippen molar-refractivity contribution in [1.82, 2.24) is 5.43 Å². The van der Waals surface area contributed by atoms with Gasteiger partial charge in [0.1, 0.15) is 11.5 Å². The van der Waals surface area contributed by atoms with Crippen molar-refractivity contribution in [3.63, 3.8) is 0 Å². The van der Waals surface area contributed by atoms with Crippen molar-refractivity contribution in [2.45, 2.75) is 0 Å². The zero-order valence-electron chi connectivity index (χ0n) is 18.5. The summed E-state index contributed by atoms with van der Waals surface area (Å²) in [6.07, 6.45) is 1.54. The van der Waals surface area contributed by atoms with E-state index in [0.717, 1.165) is 16.3 Å². The molecule has 0 aliphatic carbocycles. The fourth-order valence-electron chi connectivity index (χ4n) is 3.38. The van der Waals surface area contributed by atoms with Crippen LogP contribution in [0.15, 0.2) is 96.1 Å². The Labute approximate surface area is 197 Å². The lowest BCUT2D eigenvalue weighted by molar-refractivity contribution is -0.118. The van der Waals surface area contributed by atoms with Crippen LogP contribution in [0.5, 0.6) is 11.5 Å². The van der Waals surface area contributed by atoms with Crippen LogP contribution in [0.4, 0.5) is 5.69 Å². The summed E-state index contributed by atoms with van der Waals surface area (Å²) in [6.45, 7) is -0.146. The zero-order valence-corrected chi connectivity index (χ0v) is 18.5. The van der Waals surface area contributed by atoms with Gasteiger partial charge in [-0.15, -0.1) is 0 Å². The average Bonchev–Trinajstić information content (AvgIpc) is 2.88. The Morgan fingerprint density at radius 1 is 0.882 bits per heavy atom. The second kappa shape index (κ2) is 10.8. The van der Waals surface area contributed by atoms with E-state index in [4.69, 9.17) is 9.47 Å². The molecular weight excluding hydrogens is 430 g/mol. The highest BCUT2D eigenvalue weighted by Crippen LogP contribution is 2.23. The van der Waals surface area contributed by atoms with Crippen molar-refractivity contribution in [1.29, 1.82) is 0 Å². The van der Waals surface area contributed by atoms with Gasteiger partial charge < -0.3 is 14.8 Å². The molecule has 4 aromatic carbocycles. The molecule has 2 amide bonds. The van der Waals surface area contributed by atoms with Gasteiger partial charge in [0.25, 0.3) is 11.8 Å². The molecule has 7 heteroatoms. The van der Waals surface area contributed by atoms with Crippen LogP contribution in [0.2, 0.25) is 0 Å². The van der Waals surface area contributed by atoms with Crippen LogP contribution in [0.25, 0.3) is 10.8 Å². The van der Waals surface area contributed by atoms with Gasteiger partial charge in [0.2, 0.25) is 0 Å². The molecule has 170 valence electrons. The number of rotatable bonds is 8. The number of ether oxygens (including phenoxy) is 2. The lowest BCUT2D eigenvalue weighted by Crippen LogP contribution is -2.20. The smallest absolute Gasteiger partial charge is 0.271 e.